The van der Waals surface area contributed by atoms with Gasteiger partial charge in [0.2, 0.25) is 0 Å². The second kappa shape index (κ2) is 3.14. The zero-order chi connectivity index (χ0) is 9.42. The molecule has 1 saturated carbocycles. The van der Waals surface area contributed by atoms with Crippen LogP contribution < -0.4 is 0 Å². The Bertz CT molecular complexity index is 313. The Kier molecular flexibility index (Phi) is 2.12. The lowest BCUT2D eigenvalue weighted by molar-refractivity contribution is 0.299. The summed E-state index contributed by atoms with van der Waals surface area (Å²) in [6.07, 6.45) is 3.27. The summed E-state index contributed by atoms with van der Waals surface area (Å²) in [6.45, 7) is 4.35. The molecule has 0 unspecified atom stereocenters. The molecule has 1 aliphatic carbocycles. The van der Waals surface area contributed by atoms with E-state index in [4.69, 9.17) is 5.11 Å². The smallest absolute Gasteiger partial charge is 0.0629 e. The number of aliphatic hydroxyl groups is 1. The van der Waals surface area contributed by atoms with Crippen LogP contribution in [0.1, 0.15) is 35.8 Å². The summed E-state index contributed by atoms with van der Waals surface area (Å²) in [6, 6.07) is 0.645. The SMILES string of the molecule is Cc1nn(C2CC2)c(C)c1CCO. The standard InChI is InChI=1S/C10H16N2O/c1-7-10(5-6-13)8(2)12(11-7)9-3-4-9/h9,13H,3-6H2,1-2H3. The molecule has 1 aromatic rings. The van der Waals surface area contributed by atoms with Crippen LogP contribution in [0.15, 0.2) is 0 Å². The minimum absolute atomic E-state index is 0.220. The fourth-order valence-corrected chi connectivity index (χ4v) is 1.85. The van der Waals surface area contributed by atoms with Crippen LogP contribution in [0.3, 0.4) is 0 Å². The van der Waals surface area contributed by atoms with Crippen molar-refractivity contribution in [1.82, 2.24) is 9.78 Å². The summed E-state index contributed by atoms with van der Waals surface area (Å²) >= 11 is 0. The molecule has 0 bridgehead atoms. The number of hydrogen-bond acceptors (Lipinski definition) is 2. The number of aromatic nitrogens is 2. The Labute approximate surface area is 78.4 Å². The normalized spacial score (nSPS) is 16.5. The lowest BCUT2D eigenvalue weighted by Crippen LogP contribution is -2.00. The minimum Gasteiger partial charge on any atom is -0.396 e. The van der Waals surface area contributed by atoms with E-state index in [9.17, 15) is 0 Å². The maximum absolute atomic E-state index is 8.90. The van der Waals surface area contributed by atoms with E-state index in [-0.39, 0.29) is 6.61 Å². The Hall–Kier alpha value is -0.830. The van der Waals surface area contributed by atoms with Gasteiger partial charge in [0.15, 0.2) is 0 Å². The molecular weight excluding hydrogens is 164 g/mol. The number of aliphatic hydroxyl groups excluding tert-OH is 1. The van der Waals surface area contributed by atoms with Crippen molar-refractivity contribution in [3.05, 3.63) is 17.0 Å². The first kappa shape index (κ1) is 8.75. The maximum atomic E-state index is 8.90. The van der Waals surface area contributed by atoms with Crippen LogP contribution in [0, 0.1) is 13.8 Å². The van der Waals surface area contributed by atoms with Gasteiger partial charge in [0, 0.05) is 12.3 Å². The van der Waals surface area contributed by atoms with Crippen LogP contribution in [0.25, 0.3) is 0 Å². The zero-order valence-corrected chi connectivity index (χ0v) is 8.25. The molecular formula is C10H16N2O. The van der Waals surface area contributed by atoms with Crippen molar-refractivity contribution in [3.63, 3.8) is 0 Å². The number of aryl methyl sites for hydroxylation is 1. The second-order valence-electron chi connectivity index (χ2n) is 3.80. The first-order chi connectivity index (χ1) is 6.24. The van der Waals surface area contributed by atoms with E-state index in [1.165, 1.54) is 24.1 Å². The predicted octanol–water partition coefficient (Wildman–Crippen LogP) is 1.37. The third-order valence-electron chi connectivity index (χ3n) is 2.73. The van der Waals surface area contributed by atoms with E-state index in [1.54, 1.807) is 0 Å². The van der Waals surface area contributed by atoms with Crippen LogP contribution in [-0.2, 0) is 6.42 Å². The van der Waals surface area contributed by atoms with Gasteiger partial charge in [-0.2, -0.15) is 5.10 Å². The van der Waals surface area contributed by atoms with E-state index >= 15 is 0 Å². The highest BCUT2D eigenvalue weighted by atomic mass is 16.2. The van der Waals surface area contributed by atoms with Crippen molar-refractivity contribution in [2.24, 2.45) is 0 Å². The van der Waals surface area contributed by atoms with Gasteiger partial charge in [-0.1, -0.05) is 0 Å². The molecule has 0 radical (unpaired) electrons. The van der Waals surface area contributed by atoms with Gasteiger partial charge < -0.3 is 5.11 Å². The summed E-state index contributed by atoms with van der Waals surface area (Å²) in [5.74, 6) is 0. The van der Waals surface area contributed by atoms with Gasteiger partial charge in [-0.25, -0.2) is 0 Å². The summed E-state index contributed by atoms with van der Waals surface area (Å²) in [5.41, 5.74) is 3.56. The van der Waals surface area contributed by atoms with Crippen molar-refractivity contribution in [2.45, 2.75) is 39.2 Å². The fraction of sp³-hybridized carbons (Fsp3) is 0.700. The van der Waals surface area contributed by atoms with Gasteiger partial charge in [0.05, 0.1) is 11.7 Å². The number of nitrogens with zero attached hydrogens (tertiary/aromatic N) is 2. The maximum Gasteiger partial charge on any atom is 0.0629 e. The molecule has 2 rings (SSSR count). The Morgan fingerprint density at radius 2 is 2.15 bits per heavy atom. The highest BCUT2D eigenvalue weighted by molar-refractivity contribution is 5.25. The van der Waals surface area contributed by atoms with Crippen molar-refractivity contribution in [3.8, 4) is 0 Å². The second-order valence-corrected chi connectivity index (χ2v) is 3.80. The molecule has 1 aromatic heterocycles. The van der Waals surface area contributed by atoms with Gasteiger partial charge in [-0.15, -0.1) is 0 Å². The highest BCUT2D eigenvalue weighted by Gasteiger charge is 2.27. The molecule has 0 aliphatic heterocycles. The van der Waals surface area contributed by atoms with Crippen molar-refractivity contribution < 1.29 is 5.11 Å². The molecule has 1 fully saturated rings. The zero-order valence-electron chi connectivity index (χ0n) is 8.25. The van der Waals surface area contributed by atoms with Crippen LogP contribution in [0.5, 0.6) is 0 Å². The summed E-state index contributed by atoms with van der Waals surface area (Å²) < 4.78 is 2.13. The first-order valence-electron chi connectivity index (χ1n) is 4.89. The largest absolute Gasteiger partial charge is 0.396 e. The van der Waals surface area contributed by atoms with Gasteiger partial charge in [-0.05, 0) is 38.7 Å². The monoisotopic (exact) mass is 180 g/mol. The highest BCUT2D eigenvalue weighted by Crippen LogP contribution is 2.36. The quantitative estimate of drug-likeness (QED) is 0.763. The molecule has 1 aliphatic rings. The Morgan fingerprint density at radius 3 is 2.69 bits per heavy atom. The predicted molar refractivity (Wildman–Crippen MR) is 50.8 cm³/mol. The lowest BCUT2D eigenvalue weighted by Gasteiger charge is -2.01. The molecule has 13 heavy (non-hydrogen) atoms. The van der Waals surface area contributed by atoms with Gasteiger partial charge in [0.1, 0.15) is 0 Å². The van der Waals surface area contributed by atoms with E-state index in [0.29, 0.717) is 6.04 Å². The van der Waals surface area contributed by atoms with E-state index < -0.39 is 0 Å². The Morgan fingerprint density at radius 1 is 1.46 bits per heavy atom. The molecule has 3 nitrogen and oxygen atoms in total. The third-order valence-corrected chi connectivity index (χ3v) is 2.73. The van der Waals surface area contributed by atoms with Gasteiger partial charge >= 0.3 is 0 Å². The van der Waals surface area contributed by atoms with Crippen LogP contribution in [0.4, 0.5) is 0 Å². The molecule has 0 spiro atoms. The molecule has 0 atom stereocenters. The molecule has 0 aromatic carbocycles. The fourth-order valence-electron chi connectivity index (χ4n) is 1.85. The molecule has 1 N–H and O–H groups in total. The molecule has 0 saturated heterocycles. The van der Waals surface area contributed by atoms with Gasteiger partial charge in [-0.3, -0.25) is 4.68 Å². The molecule has 3 heteroatoms. The summed E-state index contributed by atoms with van der Waals surface area (Å²) in [5, 5.41) is 13.4. The number of rotatable bonds is 3. The topological polar surface area (TPSA) is 38.0 Å². The van der Waals surface area contributed by atoms with Crippen LogP contribution in [-0.4, -0.2) is 21.5 Å². The van der Waals surface area contributed by atoms with Crippen LogP contribution in [0.2, 0.25) is 0 Å². The Balaban J connectivity index is 2.32. The summed E-state index contributed by atoms with van der Waals surface area (Å²) in [4.78, 5) is 0. The third kappa shape index (κ3) is 1.48. The average Bonchev–Trinajstić information content (AvgIpc) is 2.88. The van der Waals surface area contributed by atoms with E-state index in [0.717, 1.165) is 12.1 Å². The molecule has 1 heterocycles. The van der Waals surface area contributed by atoms with Crippen molar-refractivity contribution in [2.75, 3.05) is 6.61 Å². The van der Waals surface area contributed by atoms with Gasteiger partial charge in [0.25, 0.3) is 0 Å². The van der Waals surface area contributed by atoms with E-state index in [2.05, 4.69) is 16.7 Å². The molecule has 0 amide bonds. The van der Waals surface area contributed by atoms with Crippen LogP contribution >= 0.6 is 0 Å². The lowest BCUT2D eigenvalue weighted by atomic mass is 10.1. The number of hydrogen-bond donors (Lipinski definition) is 1. The van der Waals surface area contributed by atoms with Crippen molar-refractivity contribution in [1.29, 1.82) is 0 Å². The van der Waals surface area contributed by atoms with Crippen molar-refractivity contribution >= 4 is 0 Å². The summed E-state index contributed by atoms with van der Waals surface area (Å²) in [7, 11) is 0. The minimum atomic E-state index is 0.220. The molecule has 72 valence electrons. The first-order valence-corrected chi connectivity index (χ1v) is 4.89. The van der Waals surface area contributed by atoms with E-state index in [1.807, 2.05) is 6.92 Å². The average molecular weight is 180 g/mol.